The molecule has 1 atom stereocenters. The van der Waals surface area contributed by atoms with Gasteiger partial charge >= 0.3 is 57.1 Å². The van der Waals surface area contributed by atoms with Crippen molar-refractivity contribution < 1.29 is 78.4 Å². The van der Waals surface area contributed by atoms with Crippen molar-refractivity contribution in [3.05, 3.63) is 81.3 Å². The van der Waals surface area contributed by atoms with E-state index in [1.54, 1.807) is 14.0 Å². The SMILES string of the molecule is Cc1c(C=[C-]c2c[nH]c(=O)[nH]c2=O)c(OC(c2ccnc(OCC(F)F)c2)C(F)F)nn1C.[CH3-].[K+]. The molecule has 1 unspecified atom stereocenters. The van der Waals surface area contributed by atoms with Gasteiger partial charge in [0.05, 0.1) is 0 Å². The molecule has 2 N–H and O–H groups in total. The fourth-order valence-corrected chi connectivity index (χ4v) is 2.73. The summed E-state index contributed by atoms with van der Waals surface area (Å²) in [5, 5.41) is 4.09. The van der Waals surface area contributed by atoms with Gasteiger partial charge in [0.1, 0.15) is 0 Å². The third-order valence-electron chi connectivity index (χ3n) is 4.45. The average molecular weight is 523 g/mol. The molecule has 0 spiro atoms. The van der Waals surface area contributed by atoms with Gasteiger partial charge in [-0.05, 0) is 18.6 Å². The molecule has 0 saturated heterocycles. The second-order valence-electron chi connectivity index (χ2n) is 6.70. The van der Waals surface area contributed by atoms with Gasteiger partial charge < -0.3 is 31.7 Å². The van der Waals surface area contributed by atoms with Crippen LogP contribution in [-0.4, -0.2) is 44.2 Å². The number of rotatable bonds is 9. The van der Waals surface area contributed by atoms with E-state index in [9.17, 15) is 27.2 Å². The van der Waals surface area contributed by atoms with Crippen molar-refractivity contribution in [1.29, 1.82) is 0 Å². The van der Waals surface area contributed by atoms with Gasteiger partial charge in [-0.15, -0.1) is 17.3 Å². The Balaban J connectivity index is 0.00000306. The third kappa shape index (κ3) is 8.13. The molecule has 0 radical (unpaired) electrons. The van der Waals surface area contributed by atoms with Crippen molar-refractivity contribution in [2.45, 2.75) is 25.9 Å². The van der Waals surface area contributed by atoms with Crippen LogP contribution in [0, 0.1) is 20.4 Å². The normalized spacial score (nSPS) is 11.9. The van der Waals surface area contributed by atoms with Crippen molar-refractivity contribution in [2.75, 3.05) is 6.61 Å². The maximum atomic E-state index is 13.9. The minimum atomic E-state index is -3.01. The number of H-pyrrole nitrogens is 2. The molecule has 0 aromatic carbocycles. The van der Waals surface area contributed by atoms with Gasteiger partial charge in [0, 0.05) is 30.6 Å². The number of nitrogens with zero attached hydrogens (tertiary/aromatic N) is 3. The molecular formula is C21H21F4KN5O4-. The summed E-state index contributed by atoms with van der Waals surface area (Å²) in [7, 11) is 1.56. The molecule has 35 heavy (non-hydrogen) atoms. The van der Waals surface area contributed by atoms with Crippen LogP contribution in [0.1, 0.15) is 28.5 Å². The fourth-order valence-electron chi connectivity index (χ4n) is 2.73. The van der Waals surface area contributed by atoms with E-state index in [2.05, 4.69) is 21.1 Å². The predicted molar refractivity (Wildman–Crippen MR) is 114 cm³/mol. The first-order valence-electron chi connectivity index (χ1n) is 9.42. The Morgan fingerprint density at radius 1 is 1.26 bits per heavy atom. The molecule has 14 heteroatoms. The first kappa shape index (κ1) is 30.8. The molecule has 9 nitrogen and oxygen atoms in total. The second kappa shape index (κ2) is 13.7. The smallest absolute Gasteiger partial charge is 0.472 e. The van der Waals surface area contributed by atoms with Crippen LogP contribution in [0.15, 0.2) is 34.1 Å². The number of pyridine rings is 1. The van der Waals surface area contributed by atoms with E-state index in [0.717, 1.165) is 18.5 Å². The second-order valence-corrected chi connectivity index (χ2v) is 6.70. The van der Waals surface area contributed by atoms with Crippen LogP contribution in [0.5, 0.6) is 11.8 Å². The van der Waals surface area contributed by atoms with E-state index in [0.29, 0.717) is 5.69 Å². The molecule has 3 aromatic rings. The summed E-state index contributed by atoms with van der Waals surface area (Å²) < 4.78 is 64.1. The first-order chi connectivity index (χ1) is 15.7. The molecule has 0 saturated carbocycles. The summed E-state index contributed by atoms with van der Waals surface area (Å²) in [5.74, 6) is -0.439. The summed E-state index contributed by atoms with van der Waals surface area (Å²) in [4.78, 5) is 31.0. The maximum Gasteiger partial charge on any atom is 1.00 e. The van der Waals surface area contributed by atoms with E-state index in [-0.39, 0.29) is 87.3 Å². The molecule has 0 amide bonds. The Hall–Kier alpha value is -2.26. The number of aryl methyl sites for hydroxylation is 1. The summed E-state index contributed by atoms with van der Waals surface area (Å²) in [6.45, 7) is 0.704. The largest absolute Gasteiger partial charge is 1.00 e. The van der Waals surface area contributed by atoms with Crippen LogP contribution in [0.2, 0.25) is 0 Å². The molecule has 3 rings (SSSR count). The van der Waals surface area contributed by atoms with Crippen LogP contribution in [-0.2, 0) is 7.05 Å². The number of halogens is 4. The van der Waals surface area contributed by atoms with Gasteiger partial charge in [0.15, 0.2) is 24.2 Å². The Kier molecular flexibility index (Phi) is 12.1. The van der Waals surface area contributed by atoms with E-state index < -0.39 is 36.8 Å². The van der Waals surface area contributed by atoms with Gasteiger partial charge in [0.2, 0.25) is 5.88 Å². The first-order valence-corrected chi connectivity index (χ1v) is 9.42. The van der Waals surface area contributed by atoms with Gasteiger partial charge in [-0.2, -0.15) is 0 Å². The van der Waals surface area contributed by atoms with E-state index in [4.69, 9.17) is 9.47 Å². The number of aromatic nitrogens is 5. The molecule has 0 aliphatic carbocycles. The van der Waals surface area contributed by atoms with Gasteiger partial charge in [-0.3, -0.25) is 4.68 Å². The van der Waals surface area contributed by atoms with Crippen molar-refractivity contribution in [2.24, 2.45) is 7.05 Å². The van der Waals surface area contributed by atoms with Crippen molar-refractivity contribution in [3.63, 3.8) is 0 Å². The minimum absolute atomic E-state index is 0. The van der Waals surface area contributed by atoms with E-state index in [1.165, 1.54) is 16.8 Å². The molecule has 0 bridgehead atoms. The van der Waals surface area contributed by atoms with Crippen LogP contribution in [0.25, 0.3) is 6.08 Å². The standard InChI is InChI=1S/C20H18F4N5O4.CH3.K/c1-10-13(4-3-12-8-26-20(31)27-18(12)30)19(28-29(10)2)33-16(17(23)24)11-5-6-25-15(7-11)32-9-14(21)22;;/h4-8,14,16-17H,9H2,1-2H3,(H2,26,27,30,31);1H3;/q2*-1;+1. The van der Waals surface area contributed by atoms with Gasteiger partial charge in [0.25, 0.3) is 12.9 Å². The number of ether oxygens (including phenoxy) is 2. The summed E-state index contributed by atoms with van der Waals surface area (Å²) >= 11 is 0. The molecule has 184 valence electrons. The van der Waals surface area contributed by atoms with E-state index >= 15 is 0 Å². The van der Waals surface area contributed by atoms with E-state index in [1.807, 2.05) is 4.98 Å². The maximum absolute atomic E-state index is 13.9. The Bertz CT molecular complexity index is 1260. The minimum Gasteiger partial charge on any atom is -0.472 e. The zero-order chi connectivity index (χ0) is 24.1. The molecular weight excluding hydrogens is 501 g/mol. The topological polar surface area (TPSA) is 115 Å². The predicted octanol–water partition coefficient (Wildman–Crippen LogP) is -0.152. The van der Waals surface area contributed by atoms with Crippen LogP contribution in [0.4, 0.5) is 17.6 Å². The number of alkyl halides is 4. The van der Waals surface area contributed by atoms with Crippen molar-refractivity contribution in [3.8, 4) is 11.8 Å². The number of nitrogens with one attached hydrogen (secondary N) is 2. The summed E-state index contributed by atoms with van der Waals surface area (Å²) in [6, 6.07) is 2.32. The van der Waals surface area contributed by atoms with Gasteiger partial charge in [-0.25, -0.2) is 27.3 Å². The molecule has 3 heterocycles. The van der Waals surface area contributed by atoms with Crippen LogP contribution >= 0.6 is 0 Å². The van der Waals surface area contributed by atoms with Crippen LogP contribution in [0.3, 0.4) is 0 Å². The van der Waals surface area contributed by atoms with Crippen molar-refractivity contribution in [1.82, 2.24) is 24.7 Å². The third-order valence-corrected chi connectivity index (χ3v) is 4.45. The Labute approximate surface area is 240 Å². The number of hydrogen-bond acceptors (Lipinski definition) is 6. The molecule has 0 aliphatic rings. The quantitative estimate of drug-likeness (QED) is 0.230. The molecule has 0 aliphatic heterocycles. The van der Waals surface area contributed by atoms with Crippen LogP contribution < -0.4 is 72.1 Å². The van der Waals surface area contributed by atoms with Gasteiger partial charge in [-0.1, -0.05) is 11.8 Å². The monoisotopic (exact) mass is 522 g/mol. The number of hydrogen-bond donors (Lipinski definition) is 2. The molecule has 3 aromatic heterocycles. The summed E-state index contributed by atoms with van der Waals surface area (Å²) in [5.41, 5.74) is -0.689. The zero-order valence-electron chi connectivity index (χ0n) is 19.3. The Morgan fingerprint density at radius 2 is 1.97 bits per heavy atom. The molecule has 0 fully saturated rings. The number of aromatic amines is 2. The van der Waals surface area contributed by atoms with Crippen molar-refractivity contribution >= 4 is 6.08 Å². The average Bonchev–Trinajstić information content (AvgIpc) is 3.02. The summed E-state index contributed by atoms with van der Waals surface area (Å²) in [6.07, 6.45) is -1.33. The zero-order valence-corrected chi connectivity index (χ0v) is 22.4. The Morgan fingerprint density at radius 3 is 2.60 bits per heavy atom. The fraction of sp³-hybridized carbons (Fsp3) is 0.286.